The third kappa shape index (κ3) is 3.23. The van der Waals surface area contributed by atoms with Crippen LogP contribution in [0.5, 0.6) is 0 Å². The van der Waals surface area contributed by atoms with Crippen molar-refractivity contribution in [3.05, 3.63) is 41.2 Å². The zero-order valence-electron chi connectivity index (χ0n) is 14.0. The van der Waals surface area contributed by atoms with Crippen molar-refractivity contribution in [2.45, 2.75) is 54.9 Å². The molecule has 0 spiro atoms. The van der Waals surface area contributed by atoms with Gasteiger partial charge in [0.05, 0.1) is 33.9 Å². The van der Waals surface area contributed by atoms with Crippen molar-refractivity contribution in [1.82, 2.24) is 19.3 Å². The van der Waals surface area contributed by atoms with Crippen LogP contribution in [0.2, 0.25) is 5.02 Å². The maximum absolute atomic E-state index is 13.1. The number of halogens is 4. The smallest absolute Gasteiger partial charge is 0.207 e. The van der Waals surface area contributed by atoms with Gasteiger partial charge in [0.1, 0.15) is 0 Å². The summed E-state index contributed by atoms with van der Waals surface area (Å²) in [6, 6.07) is 2.16. The number of nitrogens with zero attached hydrogens (tertiary/aromatic N) is 4. The molecule has 2 atom stereocenters. The summed E-state index contributed by atoms with van der Waals surface area (Å²) >= 11 is 5.62. The number of aromatic nitrogens is 3. The van der Waals surface area contributed by atoms with E-state index >= 15 is 0 Å². The summed E-state index contributed by atoms with van der Waals surface area (Å²) in [6.45, 7) is 0. The Morgan fingerprint density at radius 1 is 1.04 bits per heavy atom. The van der Waals surface area contributed by atoms with Crippen LogP contribution in [-0.4, -0.2) is 39.8 Å². The second kappa shape index (κ2) is 6.46. The van der Waals surface area contributed by atoms with E-state index in [4.69, 9.17) is 11.6 Å². The van der Waals surface area contributed by atoms with Gasteiger partial charge in [-0.05, 0) is 43.9 Å². The number of fused-ring (bicyclic) bond motifs is 2. The zero-order valence-corrected chi connectivity index (χ0v) is 15.5. The Morgan fingerprint density at radius 3 is 2.19 bits per heavy atom. The van der Waals surface area contributed by atoms with Crippen LogP contribution in [0.4, 0.5) is 13.2 Å². The molecule has 2 aliphatic heterocycles. The monoisotopic (exact) mass is 420 g/mol. The summed E-state index contributed by atoms with van der Waals surface area (Å²) in [6.07, 6.45) is 0.812. The first kappa shape index (κ1) is 18.7. The first-order valence-electron chi connectivity index (χ1n) is 8.44. The van der Waals surface area contributed by atoms with E-state index in [-0.39, 0.29) is 23.0 Å². The molecule has 0 amide bonds. The lowest BCUT2D eigenvalue weighted by molar-refractivity contribution is -0.137. The molecule has 2 saturated heterocycles. The molecule has 11 heteroatoms. The van der Waals surface area contributed by atoms with Crippen LogP contribution in [0, 0.1) is 0 Å². The lowest BCUT2D eigenvalue weighted by Crippen LogP contribution is -2.47. The second-order valence-electron chi connectivity index (χ2n) is 6.83. The van der Waals surface area contributed by atoms with Gasteiger partial charge in [-0.2, -0.15) is 32.5 Å². The van der Waals surface area contributed by atoms with Crippen molar-refractivity contribution in [3.8, 4) is 0 Å². The number of piperidine rings is 1. The van der Waals surface area contributed by atoms with Crippen molar-refractivity contribution in [3.63, 3.8) is 0 Å². The molecule has 2 aliphatic rings. The van der Waals surface area contributed by atoms with Crippen LogP contribution in [0.25, 0.3) is 0 Å². The fourth-order valence-corrected chi connectivity index (χ4v) is 6.25. The Bertz CT molecular complexity index is 935. The molecule has 0 N–H and O–H groups in total. The second-order valence-corrected chi connectivity index (χ2v) is 9.08. The summed E-state index contributed by atoms with van der Waals surface area (Å²) in [4.78, 5) is 1.20. The highest BCUT2D eigenvalue weighted by Gasteiger charge is 2.48. The Morgan fingerprint density at radius 2 is 1.63 bits per heavy atom. The topological polar surface area (TPSA) is 68.1 Å². The molecule has 2 fully saturated rings. The molecule has 0 saturated carbocycles. The fraction of sp³-hybridized carbons (Fsp3) is 0.500. The Kier molecular flexibility index (Phi) is 4.47. The first-order valence-corrected chi connectivity index (χ1v) is 10.3. The third-order valence-corrected chi connectivity index (χ3v) is 7.55. The van der Waals surface area contributed by atoms with Crippen molar-refractivity contribution in [1.29, 1.82) is 0 Å². The average Bonchev–Trinajstić information content (AvgIpc) is 3.21. The van der Waals surface area contributed by atoms with Crippen molar-refractivity contribution in [2.75, 3.05) is 0 Å². The number of sulfonamides is 1. The van der Waals surface area contributed by atoms with Gasteiger partial charge in [-0.15, -0.1) is 0 Å². The van der Waals surface area contributed by atoms with Crippen LogP contribution >= 0.6 is 11.6 Å². The number of benzene rings is 1. The lowest BCUT2D eigenvalue weighted by Gasteiger charge is -2.37. The molecule has 2 aromatic rings. The highest BCUT2D eigenvalue weighted by atomic mass is 35.5. The normalized spacial score (nSPS) is 26.4. The van der Waals surface area contributed by atoms with E-state index in [9.17, 15) is 21.6 Å². The highest BCUT2D eigenvalue weighted by molar-refractivity contribution is 7.89. The molecule has 0 radical (unpaired) electrons. The van der Waals surface area contributed by atoms with Crippen LogP contribution < -0.4 is 0 Å². The third-order valence-electron chi connectivity index (χ3n) is 5.22. The summed E-state index contributed by atoms with van der Waals surface area (Å²) in [7, 11) is -4.07. The number of hydrogen-bond acceptors (Lipinski definition) is 4. The maximum Gasteiger partial charge on any atom is 0.417 e. The molecule has 1 aromatic carbocycles. The average molecular weight is 421 g/mol. The van der Waals surface area contributed by atoms with E-state index in [2.05, 4.69) is 10.2 Å². The predicted octanol–water partition coefficient (Wildman–Crippen LogP) is 3.51. The van der Waals surface area contributed by atoms with Crippen molar-refractivity contribution < 1.29 is 21.6 Å². The van der Waals surface area contributed by atoms with Gasteiger partial charge in [0, 0.05) is 12.1 Å². The maximum atomic E-state index is 13.1. The first-order chi connectivity index (χ1) is 12.7. The minimum absolute atomic E-state index is 0.0140. The van der Waals surface area contributed by atoms with Gasteiger partial charge in [-0.1, -0.05) is 11.6 Å². The SMILES string of the molecule is O=S(=O)(c1ccc(Cl)c(C(F)(F)F)c1)N1C2CCC1CC(n1nccn1)C2. The summed E-state index contributed by atoms with van der Waals surface area (Å²) in [5.74, 6) is 0. The lowest BCUT2D eigenvalue weighted by atomic mass is 10.0. The Balaban J connectivity index is 1.66. The standard InChI is InChI=1S/C16H16ClF3N4O2S/c17-15-4-3-13(9-14(15)16(18,19)20)27(25,26)23-10-1-2-11(23)8-12(7-10)24-21-5-6-22-24/h3-6,9-12H,1-2,7-8H2. The molecule has 2 unspecified atom stereocenters. The molecular weight excluding hydrogens is 405 g/mol. The van der Waals surface area contributed by atoms with Crippen LogP contribution in [0.3, 0.4) is 0 Å². The van der Waals surface area contributed by atoms with Gasteiger partial charge < -0.3 is 0 Å². The van der Waals surface area contributed by atoms with E-state index in [0.717, 1.165) is 12.1 Å². The largest absolute Gasteiger partial charge is 0.417 e. The van der Waals surface area contributed by atoms with Gasteiger partial charge in [0.2, 0.25) is 10.0 Å². The Hall–Kier alpha value is -1.65. The van der Waals surface area contributed by atoms with Crippen LogP contribution in [-0.2, 0) is 16.2 Å². The fourth-order valence-electron chi connectivity index (χ4n) is 4.10. The Labute approximate surface area is 159 Å². The van der Waals surface area contributed by atoms with Gasteiger partial charge in [0.25, 0.3) is 0 Å². The summed E-state index contributed by atoms with van der Waals surface area (Å²) in [5, 5.41) is 7.74. The van der Waals surface area contributed by atoms with Gasteiger partial charge in [-0.25, -0.2) is 8.42 Å². The van der Waals surface area contributed by atoms with E-state index in [0.29, 0.717) is 31.7 Å². The molecule has 4 rings (SSSR count). The molecular formula is C16H16ClF3N4O2S. The minimum Gasteiger partial charge on any atom is -0.207 e. The molecule has 146 valence electrons. The van der Waals surface area contributed by atoms with E-state index < -0.39 is 26.8 Å². The number of hydrogen-bond donors (Lipinski definition) is 0. The van der Waals surface area contributed by atoms with E-state index in [1.54, 1.807) is 17.2 Å². The minimum atomic E-state index is -4.72. The molecule has 27 heavy (non-hydrogen) atoms. The molecule has 0 aliphatic carbocycles. The van der Waals surface area contributed by atoms with Crippen molar-refractivity contribution >= 4 is 21.6 Å². The number of rotatable bonds is 3. The van der Waals surface area contributed by atoms with E-state index in [1.165, 1.54) is 4.31 Å². The molecule has 2 bridgehead atoms. The summed E-state index contributed by atoms with van der Waals surface area (Å²) in [5.41, 5.74) is -1.15. The predicted molar refractivity (Wildman–Crippen MR) is 90.6 cm³/mol. The highest BCUT2D eigenvalue weighted by Crippen LogP contribution is 2.44. The van der Waals surface area contributed by atoms with Gasteiger partial charge in [-0.3, -0.25) is 0 Å². The van der Waals surface area contributed by atoms with Crippen LogP contribution in [0.1, 0.15) is 37.3 Å². The summed E-state index contributed by atoms with van der Waals surface area (Å²) < 4.78 is 67.0. The van der Waals surface area contributed by atoms with Crippen molar-refractivity contribution in [2.24, 2.45) is 0 Å². The van der Waals surface area contributed by atoms with Crippen LogP contribution in [0.15, 0.2) is 35.5 Å². The zero-order chi connectivity index (χ0) is 19.4. The van der Waals surface area contributed by atoms with Gasteiger partial charge in [0.15, 0.2) is 0 Å². The molecule has 6 nitrogen and oxygen atoms in total. The quantitative estimate of drug-likeness (QED) is 0.762. The number of alkyl halides is 3. The van der Waals surface area contributed by atoms with Gasteiger partial charge >= 0.3 is 6.18 Å². The van der Waals surface area contributed by atoms with E-state index in [1.807, 2.05) is 0 Å². The molecule has 3 heterocycles. The molecule has 1 aromatic heterocycles.